The molecule has 1 amide bonds. The first-order valence-electron chi connectivity index (χ1n) is 5.45. The van der Waals surface area contributed by atoms with Gasteiger partial charge >= 0.3 is 5.97 Å². The number of hydrogen-bond donors (Lipinski definition) is 2. The minimum absolute atomic E-state index is 0.145. The third-order valence-electron chi connectivity index (χ3n) is 2.20. The van der Waals surface area contributed by atoms with Gasteiger partial charge in [-0.3, -0.25) is 4.79 Å². The quantitative estimate of drug-likeness (QED) is 0.542. The molecule has 18 heavy (non-hydrogen) atoms. The van der Waals surface area contributed by atoms with Crippen LogP contribution in [0.15, 0.2) is 24.4 Å². The smallest absolute Gasteiger partial charge is 0.328 e. The number of rotatable bonds is 7. The summed E-state index contributed by atoms with van der Waals surface area (Å²) in [6, 6.07) is 3.49. The van der Waals surface area contributed by atoms with Crippen LogP contribution in [0.2, 0.25) is 0 Å². The first-order chi connectivity index (χ1) is 8.63. The maximum Gasteiger partial charge on any atom is 0.328 e. The fourth-order valence-corrected chi connectivity index (χ4v) is 1.38. The number of carboxylic acids is 1. The molecule has 0 saturated heterocycles. The zero-order valence-electron chi connectivity index (χ0n) is 10.1. The topological polar surface area (TPSA) is 80.6 Å². The minimum Gasteiger partial charge on any atom is -0.478 e. The fourth-order valence-electron chi connectivity index (χ4n) is 1.38. The van der Waals surface area contributed by atoms with Crippen LogP contribution in [0.3, 0.4) is 0 Å². The first kappa shape index (κ1) is 14.0. The second-order valence-electron chi connectivity index (χ2n) is 3.58. The molecule has 0 spiro atoms. The number of methoxy groups -OCH3 is 1. The van der Waals surface area contributed by atoms with Gasteiger partial charge < -0.3 is 19.7 Å². The largest absolute Gasteiger partial charge is 0.478 e. The fraction of sp³-hybridized carbons (Fsp3) is 0.333. The Kier molecular flexibility index (Phi) is 5.66. The first-order valence-corrected chi connectivity index (χ1v) is 5.45. The maximum absolute atomic E-state index is 11.5. The van der Waals surface area contributed by atoms with Crippen molar-refractivity contribution in [2.45, 2.75) is 6.54 Å². The monoisotopic (exact) mass is 252 g/mol. The maximum atomic E-state index is 11.5. The highest BCUT2D eigenvalue weighted by Gasteiger charge is 2.04. The van der Waals surface area contributed by atoms with Crippen molar-refractivity contribution in [2.75, 3.05) is 20.3 Å². The Balaban J connectivity index is 2.54. The van der Waals surface area contributed by atoms with E-state index in [1.54, 1.807) is 30.0 Å². The predicted molar refractivity (Wildman–Crippen MR) is 66.0 cm³/mol. The third kappa shape index (κ3) is 4.84. The lowest BCUT2D eigenvalue weighted by Crippen LogP contribution is -2.30. The molecule has 0 atom stereocenters. The summed E-state index contributed by atoms with van der Waals surface area (Å²) in [6.07, 6.45) is 4.21. The van der Waals surface area contributed by atoms with Gasteiger partial charge in [0.1, 0.15) is 6.54 Å². The van der Waals surface area contributed by atoms with Crippen LogP contribution < -0.4 is 5.32 Å². The van der Waals surface area contributed by atoms with E-state index in [-0.39, 0.29) is 12.5 Å². The van der Waals surface area contributed by atoms with Gasteiger partial charge in [0, 0.05) is 31.6 Å². The van der Waals surface area contributed by atoms with Crippen molar-refractivity contribution in [3.63, 3.8) is 0 Å². The number of carboxylic acid groups (broad SMARTS) is 1. The highest BCUT2D eigenvalue weighted by Crippen LogP contribution is 2.04. The van der Waals surface area contributed by atoms with Gasteiger partial charge in [0.15, 0.2) is 0 Å². The molecule has 0 aromatic carbocycles. The molecule has 0 fully saturated rings. The lowest BCUT2D eigenvalue weighted by Gasteiger charge is -2.07. The molecular formula is C12H16N2O4. The van der Waals surface area contributed by atoms with Gasteiger partial charge in [-0.15, -0.1) is 0 Å². The molecule has 0 radical (unpaired) electrons. The standard InChI is InChI=1S/C12H16N2O4/c1-18-8-6-13-11(15)9-14-7-2-3-10(14)4-5-12(16)17/h2-5,7H,6,8-9H2,1H3,(H,13,15)(H,16,17)/b5-4+. The number of hydrogen-bond acceptors (Lipinski definition) is 3. The molecule has 6 heteroatoms. The Morgan fingerprint density at radius 1 is 1.56 bits per heavy atom. The molecule has 0 saturated carbocycles. The van der Waals surface area contributed by atoms with Gasteiger partial charge in [0.2, 0.25) is 5.91 Å². The highest BCUT2D eigenvalue weighted by molar-refractivity contribution is 5.85. The summed E-state index contributed by atoms with van der Waals surface area (Å²) in [5.41, 5.74) is 0.666. The molecule has 0 aliphatic rings. The van der Waals surface area contributed by atoms with Crippen LogP contribution in [0, 0.1) is 0 Å². The molecule has 0 bridgehead atoms. The van der Waals surface area contributed by atoms with Crippen LogP contribution in [0.1, 0.15) is 5.69 Å². The number of aliphatic carboxylic acids is 1. The Bertz CT molecular complexity index is 437. The molecule has 1 aromatic heterocycles. The molecule has 0 aliphatic heterocycles. The number of carbonyl (C=O) groups excluding carboxylic acids is 1. The van der Waals surface area contributed by atoms with Gasteiger partial charge in [-0.1, -0.05) is 0 Å². The number of nitrogens with zero attached hydrogens (tertiary/aromatic N) is 1. The average Bonchev–Trinajstić information content (AvgIpc) is 2.74. The van der Waals surface area contributed by atoms with E-state index in [1.165, 1.54) is 6.08 Å². The van der Waals surface area contributed by atoms with E-state index < -0.39 is 5.97 Å². The normalized spacial score (nSPS) is 10.7. The van der Waals surface area contributed by atoms with E-state index in [9.17, 15) is 9.59 Å². The average molecular weight is 252 g/mol. The van der Waals surface area contributed by atoms with Crippen molar-refractivity contribution in [3.8, 4) is 0 Å². The van der Waals surface area contributed by atoms with Crippen molar-refractivity contribution < 1.29 is 19.4 Å². The van der Waals surface area contributed by atoms with Crippen LogP contribution in [0.25, 0.3) is 6.08 Å². The van der Waals surface area contributed by atoms with Gasteiger partial charge in [0.05, 0.1) is 6.61 Å². The molecular weight excluding hydrogens is 236 g/mol. The van der Waals surface area contributed by atoms with Crippen molar-refractivity contribution in [1.82, 2.24) is 9.88 Å². The van der Waals surface area contributed by atoms with Crippen LogP contribution in [0.4, 0.5) is 0 Å². The summed E-state index contributed by atoms with van der Waals surface area (Å²) in [7, 11) is 1.56. The number of amides is 1. The molecule has 1 heterocycles. The summed E-state index contributed by atoms with van der Waals surface area (Å²) in [6.45, 7) is 1.07. The number of carbonyl (C=O) groups is 2. The van der Waals surface area contributed by atoms with Crippen LogP contribution >= 0.6 is 0 Å². The van der Waals surface area contributed by atoms with Gasteiger partial charge in [-0.05, 0) is 18.2 Å². The highest BCUT2D eigenvalue weighted by atomic mass is 16.5. The van der Waals surface area contributed by atoms with E-state index in [1.807, 2.05) is 0 Å². The van der Waals surface area contributed by atoms with Crippen LogP contribution in [-0.4, -0.2) is 41.8 Å². The summed E-state index contributed by atoms with van der Waals surface area (Å²) in [4.78, 5) is 22.0. The third-order valence-corrected chi connectivity index (χ3v) is 2.20. The number of aromatic nitrogens is 1. The van der Waals surface area contributed by atoms with E-state index in [0.717, 1.165) is 6.08 Å². The SMILES string of the molecule is COCCNC(=O)Cn1cccc1/C=C/C(=O)O. The molecule has 0 aliphatic carbocycles. The van der Waals surface area contributed by atoms with E-state index >= 15 is 0 Å². The van der Waals surface area contributed by atoms with E-state index in [4.69, 9.17) is 9.84 Å². The Morgan fingerprint density at radius 2 is 2.33 bits per heavy atom. The van der Waals surface area contributed by atoms with Crippen LogP contribution in [-0.2, 0) is 20.9 Å². The molecule has 98 valence electrons. The zero-order chi connectivity index (χ0) is 13.4. The minimum atomic E-state index is -1.02. The number of nitrogens with one attached hydrogen (secondary N) is 1. The molecule has 1 aromatic rings. The van der Waals surface area contributed by atoms with E-state index in [0.29, 0.717) is 18.8 Å². The summed E-state index contributed by atoms with van der Waals surface area (Å²) in [5.74, 6) is -1.17. The van der Waals surface area contributed by atoms with Crippen molar-refractivity contribution in [3.05, 3.63) is 30.1 Å². The predicted octanol–water partition coefficient (Wildman–Crippen LogP) is 0.348. The van der Waals surface area contributed by atoms with Crippen LogP contribution in [0.5, 0.6) is 0 Å². The summed E-state index contributed by atoms with van der Waals surface area (Å²) < 4.78 is 6.49. The summed E-state index contributed by atoms with van der Waals surface area (Å²) >= 11 is 0. The second-order valence-corrected chi connectivity index (χ2v) is 3.58. The van der Waals surface area contributed by atoms with Gasteiger partial charge in [0.25, 0.3) is 0 Å². The van der Waals surface area contributed by atoms with E-state index in [2.05, 4.69) is 5.32 Å². The Morgan fingerprint density at radius 3 is 3.00 bits per heavy atom. The molecule has 1 rings (SSSR count). The lowest BCUT2D eigenvalue weighted by atomic mass is 10.3. The Hall–Kier alpha value is -2.08. The zero-order valence-corrected chi connectivity index (χ0v) is 10.1. The van der Waals surface area contributed by atoms with Crippen molar-refractivity contribution in [1.29, 1.82) is 0 Å². The van der Waals surface area contributed by atoms with Crippen molar-refractivity contribution >= 4 is 18.0 Å². The molecule has 6 nitrogen and oxygen atoms in total. The second kappa shape index (κ2) is 7.29. The Labute approximate surface area is 105 Å². The lowest BCUT2D eigenvalue weighted by molar-refractivity contribution is -0.131. The van der Waals surface area contributed by atoms with Gasteiger partial charge in [-0.25, -0.2) is 4.79 Å². The van der Waals surface area contributed by atoms with Gasteiger partial charge in [-0.2, -0.15) is 0 Å². The number of ether oxygens (including phenoxy) is 1. The summed E-state index contributed by atoms with van der Waals surface area (Å²) in [5, 5.41) is 11.2. The van der Waals surface area contributed by atoms with Crippen molar-refractivity contribution in [2.24, 2.45) is 0 Å². The molecule has 0 unspecified atom stereocenters. The molecule has 2 N–H and O–H groups in total.